The van der Waals surface area contributed by atoms with E-state index in [4.69, 9.17) is 9.47 Å². The summed E-state index contributed by atoms with van der Waals surface area (Å²) in [5, 5.41) is 18.8. The Bertz CT molecular complexity index is 568. The van der Waals surface area contributed by atoms with Crippen LogP contribution >= 0.6 is 11.3 Å². The summed E-state index contributed by atoms with van der Waals surface area (Å²) in [5.74, 6) is -1.07. The molecule has 1 N–H and O–H groups in total. The minimum Gasteiger partial charge on any atom is -0.476 e. The lowest BCUT2D eigenvalue weighted by atomic mass is 10.2. The average molecular weight is 311 g/mol. The second kappa shape index (κ2) is 7.87. The Kier molecular flexibility index (Phi) is 5.85. The number of aromatic nitrogens is 3. The van der Waals surface area contributed by atoms with E-state index in [1.807, 2.05) is 17.5 Å². The molecule has 0 aliphatic heterocycles. The summed E-state index contributed by atoms with van der Waals surface area (Å²) >= 11 is 1.46. The van der Waals surface area contributed by atoms with Gasteiger partial charge in [0.25, 0.3) is 0 Å². The Morgan fingerprint density at radius 2 is 2.29 bits per heavy atom. The molecule has 2 rings (SSSR count). The van der Waals surface area contributed by atoms with Crippen molar-refractivity contribution in [2.24, 2.45) is 0 Å². The van der Waals surface area contributed by atoms with Gasteiger partial charge >= 0.3 is 5.97 Å². The van der Waals surface area contributed by atoms with Crippen LogP contribution in [0.4, 0.5) is 0 Å². The van der Waals surface area contributed by atoms with Gasteiger partial charge in [-0.05, 0) is 17.9 Å². The fourth-order valence-electron chi connectivity index (χ4n) is 1.83. The molecule has 0 aliphatic rings. The number of hydrogen-bond acceptors (Lipinski definition) is 6. The van der Waals surface area contributed by atoms with Gasteiger partial charge in [-0.1, -0.05) is 11.3 Å². The number of aromatic carboxylic acids is 1. The predicted molar refractivity (Wildman–Crippen MR) is 77.6 cm³/mol. The first-order chi connectivity index (χ1) is 10.2. The van der Waals surface area contributed by atoms with E-state index in [2.05, 4.69) is 10.3 Å². The Hall–Kier alpha value is -1.77. The third-order valence-electron chi connectivity index (χ3n) is 2.78. The molecule has 0 aromatic carbocycles. The summed E-state index contributed by atoms with van der Waals surface area (Å²) in [6, 6.07) is 3.73. The third kappa shape index (κ3) is 4.10. The zero-order valence-electron chi connectivity index (χ0n) is 11.7. The molecule has 8 heteroatoms. The zero-order chi connectivity index (χ0) is 15.1. The fraction of sp³-hybridized carbons (Fsp3) is 0.462. The number of carbonyl (C=O) groups is 1. The highest BCUT2D eigenvalue weighted by Crippen LogP contribution is 2.27. The van der Waals surface area contributed by atoms with Crippen LogP contribution in [0.3, 0.4) is 0 Å². The van der Waals surface area contributed by atoms with E-state index in [1.165, 1.54) is 11.3 Å². The highest BCUT2D eigenvalue weighted by molar-refractivity contribution is 7.13. The largest absolute Gasteiger partial charge is 0.476 e. The van der Waals surface area contributed by atoms with Crippen LogP contribution < -0.4 is 0 Å². The van der Waals surface area contributed by atoms with Crippen molar-refractivity contribution in [2.45, 2.75) is 13.0 Å². The summed E-state index contributed by atoms with van der Waals surface area (Å²) in [5.41, 5.74) is 0.534. The highest BCUT2D eigenvalue weighted by Gasteiger charge is 2.20. The molecule has 0 unspecified atom stereocenters. The zero-order valence-corrected chi connectivity index (χ0v) is 12.5. The number of nitrogens with zero attached hydrogens (tertiary/aromatic N) is 3. The number of hydrogen-bond donors (Lipinski definition) is 1. The van der Waals surface area contributed by atoms with Crippen LogP contribution in [0.15, 0.2) is 17.5 Å². The van der Waals surface area contributed by atoms with Crippen molar-refractivity contribution in [2.75, 3.05) is 26.9 Å². The standard InChI is InChI=1S/C13H17N3O4S/c1-19-7-8-20-6-3-5-16-12(10-4-2-9-21-10)11(13(17)18)14-15-16/h2,4,9H,3,5-8H2,1H3,(H,17,18). The van der Waals surface area contributed by atoms with Crippen LogP contribution in [0.2, 0.25) is 0 Å². The summed E-state index contributed by atoms with van der Waals surface area (Å²) in [6.45, 7) is 2.23. The Morgan fingerprint density at radius 3 is 2.95 bits per heavy atom. The molecule has 0 amide bonds. The Labute approximate surface area is 126 Å². The number of thiophene rings is 1. The Balaban J connectivity index is 2.01. The summed E-state index contributed by atoms with van der Waals surface area (Å²) in [4.78, 5) is 12.1. The van der Waals surface area contributed by atoms with Crippen molar-refractivity contribution in [3.8, 4) is 10.6 Å². The van der Waals surface area contributed by atoms with Crippen molar-refractivity contribution in [3.63, 3.8) is 0 Å². The molecule has 7 nitrogen and oxygen atoms in total. The number of methoxy groups -OCH3 is 1. The summed E-state index contributed by atoms with van der Waals surface area (Å²) in [7, 11) is 1.62. The first-order valence-corrected chi connectivity index (χ1v) is 7.39. The maximum atomic E-state index is 11.2. The van der Waals surface area contributed by atoms with Gasteiger partial charge in [0, 0.05) is 20.3 Å². The van der Waals surface area contributed by atoms with Gasteiger partial charge in [-0.2, -0.15) is 0 Å². The number of aryl methyl sites for hydroxylation is 1. The van der Waals surface area contributed by atoms with E-state index in [9.17, 15) is 9.90 Å². The lowest BCUT2D eigenvalue weighted by Gasteiger charge is -2.06. The first-order valence-electron chi connectivity index (χ1n) is 6.51. The summed E-state index contributed by atoms with van der Waals surface area (Å²) < 4.78 is 11.9. The second-order valence-corrected chi connectivity index (χ2v) is 5.20. The molecule has 0 fully saturated rings. The van der Waals surface area contributed by atoms with Gasteiger partial charge in [0.05, 0.1) is 18.1 Å². The quantitative estimate of drug-likeness (QED) is 0.710. The molecule has 0 atom stereocenters. The van der Waals surface area contributed by atoms with E-state index in [1.54, 1.807) is 11.8 Å². The number of carboxylic acid groups (broad SMARTS) is 1. The third-order valence-corrected chi connectivity index (χ3v) is 3.66. The summed E-state index contributed by atoms with van der Waals surface area (Å²) in [6.07, 6.45) is 0.727. The minimum absolute atomic E-state index is 0.0160. The smallest absolute Gasteiger partial charge is 0.358 e. The topological polar surface area (TPSA) is 86.5 Å². The van der Waals surface area contributed by atoms with Gasteiger partial charge in [0.15, 0.2) is 5.69 Å². The van der Waals surface area contributed by atoms with Gasteiger partial charge in [-0.25, -0.2) is 9.48 Å². The number of rotatable bonds is 9. The lowest BCUT2D eigenvalue weighted by molar-refractivity contribution is 0.0677. The first kappa shape index (κ1) is 15.6. The highest BCUT2D eigenvalue weighted by atomic mass is 32.1. The van der Waals surface area contributed by atoms with Crippen LogP contribution in [0.25, 0.3) is 10.6 Å². The molecule has 2 aromatic rings. The van der Waals surface area contributed by atoms with Crippen LogP contribution in [0, 0.1) is 0 Å². The minimum atomic E-state index is -1.07. The normalized spacial score (nSPS) is 10.9. The van der Waals surface area contributed by atoms with Crippen LogP contribution in [-0.2, 0) is 16.0 Å². The molecule has 0 saturated heterocycles. The molecule has 0 aliphatic carbocycles. The number of carboxylic acids is 1. The molecule has 0 spiro atoms. The molecular formula is C13H17N3O4S. The molecular weight excluding hydrogens is 294 g/mol. The Morgan fingerprint density at radius 1 is 1.43 bits per heavy atom. The monoisotopic (exact) mass is 311 g/mol. The van der Waals surface area contributed by atoms with E-state index in [-0.39, 0.29) is 5.69 Å². The number of ether oxygens (including phenoxy) is 2. The molecule has 0 saturated carbocycles. The van der Waals surface area contributed by atoms with E-state index >= 15 is 0 Å². The fourth-order valence-corrected chi connectivity index (χ4v) is 2.61. The van der Waals surface area contributed by atoms with E-state index in [0.717, 1.165) is 11.3 Å². The molecule has 114 valence electrons. The maximum Gasteiger partial charge on any atom is 0.358 e. The van der Waals surface area contributed by atoms with Crippen molar-refractivity contribution < 1.29 is 19.4 Å². The molecule has 21 heavy (non-hydrogen) atoms. The SMILES string of the molecule is COCCOCCCn1nnc(C(=O)O)c1-c1cccs1. The van der Waals surface area contributed by atoms with Gasteiger partial charge in [0.1, 0.15) is 5.69 Å². The lowest BCUT2D eigenvalue weighted by Crippen LogP contribution is -2.08. The van der Waals surface area contributed by atoms with Crippen LogP contribution in [0.1, 0.15) is 16.9 Å². The average Bonchev–Trinajstić information content (AvgIpc) is 3.10. The maximum absolute atomic E-state index is 11.2. The van der Waals surface area contributed by atoms with E-state index < -0.39 is 5.97 Å². The van der Waals surface area contributed by atoms with Gasteiger partial charge < -0.3 is 14.6 Å². The van der Waals surface area contributed by atoms with Gasteiger partial charge in [-0.15, -0.1) is 16.4 Å². The van der Waals surface area contributed by atoms with E-state index in [0.29, 0.717) is 32.1 Å². The van der Waals surface area contributed by atoms with Crippen molar-refractivity contribution in [1.82, 2.24) is 15.0 Å². The second-order valence-electron chi connectivity index (χ2n) is 4.25. The molecule has 2 heterocycles. The van der Waals surface area contributed by atoms with Crippen LogP contribution in [-0.4, -0.2) is 53.0 Å². The molecule has 0 bridgehead atoms. The van der Waals surface area contributed by atoms with Crippen molar-refractivity contribution >= 4 is 17.3 Å². The molecule has 2 aromatic heterocycles. The van der Waals surface area contributed by atoms with Crippen molar-refractivity contribution in [3.05, 3.63) is 23.2 Å². The molecule has 0 radical (unpaired) electrons. The predicted octanol–water partition coefficient (Wildman–Crippen LogP) is 1.76. The van der Waals surface area contributed by atoms with Gasteiger partial charge in [0.2, 0.25) is 0 Å². The van der Waals surface area contributed by atoms with Crippen LogP contribution in [0.5, 0.6) is 0 Å². The van der Waals surface area contributed by atoms with Crippen molar-refractivity contribution in [1.29, 1.82) is 0 Å². The van der Waals surface area contributed by atoms with Gasteiger partial charge in [-0.3, -0.25) is 0 Å².